The van der Waals surface area contributed by atoms with Gasteiger partial charge in [0, 0.05) is 12.2 Å². The summed E-state index contributed by atoms with van der Waals surface area (Å²) in [5.74, 6) is -0.558. The average molecular weight is 223 g/mol. The zero-order valence-corrected chi connectivity index (χ0v) is 8.24. The Morgan fingerprint density at radius 1 is 1.47 bits per heavy atom. The summed E-state index contributed by atoms with van der Waals surface area (Å²) in [6.07, 6.45) is 0.806. The molecule has 0 spiro atoms. The number of carbonyl (C=O) groups is 1. The van der Waals surface area contributed by atoms with Gasteiger partial charge in [0.2, 0.25) is 5.82 Å². The third-order valence-corrected chi connectivity index (χ3v) is 3.12. The highest BCUT2D eigenvalue weighted by Crippen LogP contribution is 2.33. The van der Waals surface area contributed by atoms with Crippen molar-refractivity contribution in [1.82, 2.24) is 15.1 Å². The smallest absolute Gasteiger partial charge is 0.374 e. The molecule has 15 heavy (non-hydrogen) atoms. The Hall–Kier alpha value is -1.63. The van der Waals surface area contributed by atoms with E-state index in [-0.39, 0.29) is 11.5 Å². The lowest BCUT2D eigenvalue weighted by atomic mass is 10.2. The minimum absolute atomic E-state index is 0.241. The molecule has 0 fully saturated rings. The van der Waals surface area contributed by atoms with Gasteiger partial charge in [0.25, 0.3) is 5.71 Å². The largest absolute Gasteiger partial charge is 0.475 e. The Balaban J connectivity index is 2.36. The molecule has 1 aliphatic heterocycles. The molecule has 0 unspecified atom stereocenters. The average Bonchev–Trinajstić information content (AvgIpc) is 2.64. The molecule has 1 N–H and O–H groups in total. The van der Waals surface area contributed by atoms with Gasteiger partial charge in [-0.2, -0.15) is 4.98 Å². The van der Waals surface area contributed by atoms with Crippen LogP contribution in [0.25, 0.3) is 11.1 Å². The first-order chi connectivity index (χ1) is 7.25. The summed E-state index contributed by atoms with van der Waals surface area (Å²) >= 11 is 1.50. The van der Waals surface area contributed by atoms with E-state index < -0.39 is 5.97 Å². The van der Waals surface area contributed by atoms with Gasteiger partial charge in [-0.1, -0.05) is 5.16 Å². The molecule has 0 saturated heterocycles. The van der Waals surface area contributed by atoms with E-state index in [9.17, 15) is 4.79 Å². The Kier molecular flexibility index (Phi) is 1.69. The Morgan fingerprint density at radius 3 is 3.13 bits per heavy atom. The van der Waals surface area contributed by atoms with E-state index in [1.807, 2.05) is 0 Å². The van der Waals surface area contributed by atoms with Gasteiger partial charge in [0.15, 0.2) is 0 Å². The number of rotatable bonds is 1. The molecule has 0 amide bonds. The number of thioether (sulfide) groups is 1. The summed E-state index contributed by atoms with van der Waals surface area (Å²) in [4.78, 5) is 18.5. The minimum atomic E-state index is -1.16. The lowest BCUT2D eigenvalue weighted by Crippen LogP contribution is -2.07. The van der Waals surface area contributed by atoms with Crippen LogP contribution in [0, 0.1) is 0 Å². The molecule has 0 radical (unpaired) electrons. The van der Waals surface area contributed by atoms with Crippen LogP contribution >= 0.6 is 11.8 Å². The summed E-state index contributed by atoms with van der Waals surface area (Å²) in [5, 5.41) is 14.0. The van der Waals surface area contributed by atoms with Gasteiger partial charge in [-0.3, -0.25) is 0 Å². The van der Waals surface area contributed by atoms with Crippen molar-refractivity contribution in [3.63, 3.8) is 0 Å². The molecule has 2 aromatic rings. The number of carboxylic acids is 1. The van der Waals surface area contributed by atoms with Gasteiger partial charge >= 0.3 is 5.97 Å². The van der Waals surface area contributed by atoms with Gasteiger partial charge in [-0.15, -0.1) is 11.8 Å². The number of hydrogen-bond acceptors (Lipinski definition) is 6. The van der Waals surface area contributed by atoms with Gasteiger partial charge in [-0.05, 0) is 0 Å². The van der Waals surface area contributed by atoms with Crippen LogP contribution in [-0.4, -0.2) is 32.0 Å². The normalized spacial score (nSPS) is 14.4. The zero-order chi connectivity index (χ0) is 10.4. The third kappa shape index (κ3) is 1.19. The lowest BCUT2D eigenvalue weighted by Gasteiger charge is -2.07. The topological polar surface area (TPSA) is 89.1 Å². The summed E-state index contributed by atoms with van der Waals surface area (Å²) in [7, 11) is 0. The van der Waals surface area contributed by atoms with Crippen LogP contribution in [0.1, 0.15) is 16.3 Å². The van der Waals surface area contributed by atoms with E-state index in [0.717, 1.165) is 23.3 Å². The van der Waals surface area contributed by atoms with Crippen molar-refractivity contribution in [3.8, 4) is 0 Å². The predicted octanol–water partition coefficient (Wildman–Crippen LogP) is 0.964. The molecule has 7 heteroatoms. The number of carboxylic acid groups (broad SMARTS) is 1. The maximum atomic E-state index is 10.7. The summed E-state index contributed by atoms with van der Waals surface area (Å²) < 4.78 is 4.97. The minimum Gasteiger partial charge on any atom is -0.475 e. The molecular weight excluding hydrogens is 218 g/mol. The van der Waals surface area contributed by atoms with E-state index in [1.54, 1.807) is 0 Å². The molecule has 2 aromatic heterocycles. The monoisotopic (exact) mass is 223 g/mol. The SMILES string of the molecule is O=C(O)c1nc2c3c(noc3n1)CCS2. The van der Waals surface area contributed by atoms with Crippen molar-refractivity contribution < 1.29 is 14.4 Å². The highest BCUT2D eigenvalue weighted by Gasteiger charge is 2.23. The van der Waals surface area contributed by atoms with E-state index in [1.165, 1.54) is 11.8 Å². The molecular formula is C8H5N3O3S. The second-order valence-corrected chi connectivity index (χ2v) is 4.15. The third-order valence-electron chi connectivity index (χ3n) is 2.14. The predicted molar refractivity (Wildman–Crippen MR) is 51.0 cm³/mol. The van der Waals surface area contributed by atoms with Gasteiger partial charge in [-0.25, -0.2) is 9.78 Å². The number of hydrogen-bond donors (Lipinski definition) is 1. The first kappa shape index (κ1) is 8.66. The Bertz CT molecular complexity index is 566. The molecule has 0 aromatic carbocycles. The summed E-state index contributed by atoms with van der Waals surface area (Å²) in [6.45, 7) is 0. The fourth-order valence-corrected chi connectivity index (χ4v) is 2.48. The standard InChI is InChI=1S/C8H5N3O3S/c12-8(13)5-9-6-4-3(11-14-6)1-2-15-7(4)10-5/h1-2H2,(H,12,13). The van der Waals surface area contributed by atoms with Gasteiger partial charge in [0.05, 0.1) is 11.1 Å². The molecule has 0 atom stereocenters. The zero-order valence-electron chi connectivity index (χ0n) is 7.43. The van der Waals surface area contributed by atoms with Crippen molar-refractivity contribution in [2.24, 2.45) is 0 Å². The highest BCUT2D eigenvalue weighted by molar-refractivity contribution is 7.99. The number of nitrogens with zero attached hydrogens (tertiary/aromatic N) is 3. The molecule has 0 aliphatic carbocycles. The molecule has 0 bridgehead atoms. The van der Waals surface area contributed by atoms with Crippen LogP contribution in [-0.2, 0) is 6.42 Å². The molecule has 76 valence electrons. The molecule has 3 rings (SSSR count). The van der Waals surface area contributed by atoms with Crippen molar-refractivity contribution in [2.45, 2.75) is 11.4 Å². The van der Waals surface area contributed by atoms with Crippen LogP contribution in [0.2, 0.25) is 0 Å². The van der Waals surface area contributed by atoms with Crippen molar-refractivity contribution in [3.05, 3.63) is 11.5 Å². The second kappa shape index (κ2) is 2.93. The van der Waals surface area contributed by atoms with Crippen molar-refractivity contribution >= 4 is 28.8 Å². The molecule has 6 nitrogen and oxygen atoms in total. The Morgan fingerprint density at radius 2 is 2.33 bits per heavy atom. The number of aromatic nitrogens is 3. The summed E-state index contributed by atoms with van der Waals surface area (Å²) in [6, 6.07) is 0. The number of aromatic carboxylic acids is 1. The van der Waals surface area contributed by atoms with Crippen molar-refractivity contribution in [2.75, 3.05) is 5.75 Å². The second-order valence-electron chi connectivity index (χ2n) is 3.07. The highest BCUT2D eigenvalue weighted by atomic mass is 32.2. The molecule has 3 heterocycles. The first-order valence-corrected chi connectivity index (χ1v) is 5.26. The van der Waals surface area contributed by atoms with Crippen LogP contribution in [0.5, 0.6) is 0 Å². The van der Waals surface area contributed by atoms with E-state index in [2.05, 4.69) is 15.1 Å². The Labute approximate surface area is 87.7 Å². The van der Waals surface area contributed by atoms with E-state index in [4.69, 9.17) is 9.63 Å². The lowest BCUT2D eigenvalue weighted by molar-refractivity contribution is 0.0682. The van der Waals surface area contributed by atoms with Crippen LogP contribution in [0.15, 0.2) is 9.55 Å². The fraction of sp³-hybridized carbons (Fsp3) is 0.250. The maximum Gasteiger partial charge on any atom is 0.374 e. The van der Waals surface area contributed by atoms with Crippen LogP contribution < -0.4 is 0 Å². The van der Waals surface area contributed by atoms with E-state index >= 15 is 0 Å². The summed E-state index contributed by atoms with van der Waals surface area (Å²) in [5.41, 5.74) is 1.08. The van der Waals surface area contributed by atoms with E-state index in [0.29, 0.717) is 5.03 Å². The van der Waals surface area contributed by atoms with Gasteiger partial charge in [0.1, 0.15) is 5.03 Å². The molecule has 0 saturated carbocycles. The maximum absolute atomic E-state index is 10.7. The fourth-order valence-electron chi connectivity index (χ4n) is 1.49. The first-order valence-electron chi connectivity index (χ1n) is 4.28. The number of aryl methyl sites for hydroxylation is 1. The quantitative estimate of drug-likeness (QED) is 0.720. The van der Waals surface area contributed by atoms with Crippen molar-refractivity contribution in [1.29, 1.82) is 0 Å². The van der Waals surface area contributed by atoms with Crippen LogP contribution in [0.4, 0.5) is 0 Å². The van der Waals surface area contributed by atoms with Gasteiger partial charge < -0.3 is 9.63 Å². The van der Waals surface area contributed by atoms with Crippen LogP contribution in [0.3, 0.4) is 0 Å². The molecule has 1 aliphatic rings.